The van der Waals surface area contributed by atoms with E-state index in [0.717, 1.165) is 23.3 Å². The summed E-state index contributed by atoms with van der Waals surface area (Å²) in [5, 5.41) is 11.8. The van der Waals surface area contributed by atoms with Gasteiger partial charge in [-0.1, -0.05) is 42.5 Å². The molecular weight excluding hydrogens is 310 g/mol. The number of benzene rings is 3. The summed E-state index contributed by atoms with van der Waals surface area (Å²) in [6.45, 7) is 0.816. The monoisotopic (exact) mass is 324 g/mol. The van der Waals surface area contributed by atoms with E-state index in [0.29, 0.717) is 16.6 Å². The summed E-state index contributed by atoms with van der Waals surface area (Å²) in [5.41, 5.74) is 2.44. The number of fused-ring (bicyclic) bond motifs is 3. The van der Waals surface area contributed by atoms with E-state index < -0.39 is 5.92 Å². The summed E-state index contributed by atoms with van der Waals surface area (Å²) < 4.78 is 27.3. The lowest BCUT2D eigenvalue weighted by Crippen LogP contribution is -2.08. The fourth-order valence-electron chi connectivity index (χ4n) is 2.98. The highest BCUT2D eigenvalue weighted by Gasteiger charge is 2.29. The number of phenolic OH excluding ortho intramolecular Hbond substituents is 1. The number of H-pyrrole nitrogens is 1. The van der Waals surface area contributed by atoms with E-state index in [4.69, 9.17) is 0 Å². The first-order chi connectivity index (χ1) is 11.4. The summed E-state index contributed by atoms with van der Waals surface area (Å²) in [4.78, 5) is 6.82. The molecular formula is C19H14F2N2O. The first-order valence-corrected chi connectivity index (χ1v) is 7.53. The first kappa shape index (κ1) is 14.6. The van der Waals surface area contributed by atoms with E-state index in [9.17, 15) is 13.9 Å². The molecule has 0 atom stereocenters. The molecule has 0 aliphatic rings. The van der Waals surface area contributed by atoms with Gasteiger partial charge in [0.1, 0.15) is 5.75 Å². The molecule has 0 amide bonds. The highest BCUT2D eigenvalue weighted by Crippen LogP contribution is 2.38. The summed E-state index contributed by atoms with van der Waals surface area (Å²) in [6.07, 6.45) is 0. The van der Waals surface area contributed by atoms with Gasteiger partial charge in [0.05, 0.1) is 11.0 Å². The van der Waals surface area contributed by atoms with Crippen molar-refractivity contribution < 1.29 is 13.9 Å². The van der Waals surface area contributed by atoms with Crippen LogP contribution < -0.4 is 0 Å². The van der Waals surface area contributed by atoms with Crippen LogP contribution in [0.1, 0.15) is 12.7 Å². The van der Waals surface area contributed by atoms with E-state index >= 15 is 0 Å². The van der Waals surface area contributed by atoms with Crippen LogP contribution in [-0.2, 0) is 5.92 Å². The van der Waals surface area contributed by atoms with Crippen LogP contribution in [0.25, 0.3) is 32.9 Å². The van der Waals surface area contributed by atoms with Gasteiger partial charge in [0, 0.05) is 17.9 Å². The SMILES string of the molecule is CC(F)(F)c1nc2c(cc(-c3ccccc3O)c3ccccc32)[nH]1. The lowest BCUT2D eigenvalue weighted by Gasteiger charge is -2.09. The molecule has 24 heavy (non-hydrogen) atoms. The van der Waals surface area contributed by atoms with Crippen molar-refractivity contribution in [1.29, 1.82) is 0 Å². The molecule has 4 rings (SSSR count). The maximum Gasteiger partial charge on any atom is 0.301 e. The van der Waals surface area contributed by atoms with E-state index in [1.807, 2.05) is 30.3 Å². The highest BCUT2D eigenvalue weighted by molar-refractivity contribution is 6.11. The number of aromatic nitrogens is 2. The zero-order valence-electron chi connectivity index (χ0n) is 12.8. The molecule has 5 heteroatoms. The molecule has 0 aliphatic carbocycles. The molecule has 4 aromatic rings. The molecule has 0 saturated heterocycles. The molecule has 120 valence electrons. The molecule has 0 saturated carbocycles. The molecule has 1 aromatic heterocycles. The predicted octanol–water partition coefficient (Wildman–Crippen LogP) is 5.20. The zero-order valence-corrected chi connectivity index (χ0v) is 12.8. The number of para-hydroxylation sites is 1. The van der Waals surface area contributed by atoms with Crippen LogP contribution in [0.15, 0.2) is 54.6 Å². The van der Waals surface area contributed by atoms with E-state index in [1.54, 1.807) is 24.3 Å². The van der Waals surface area contributed by atoms with Gasteiger partial charge in [-0.3, -0.25) is 0 Å². The van der Waals surface area contributed by atoms with Crippen LogP contribution in [-0.4, -0.2) is 15.1 Å². The molecule has 2 N–H and O–H groups in total. The number of rotatable bonds is 2. The van der Waals surface area contributed by atoms with Gasteiger partial charge in [-0.2, -0.15) is 8.78 Å². The standard InChI is InChI=1S/C19H14F2N2O/c1-19(20,21)18-22-15-10-14(12-7-4-5-9-16(12)24)11-6-2-3-8-13(11)17(15)23-18/h2-10,24H,1H3,(H,22,23). The molecule has 3 aromatic carbocycles. The Labute approximate surface area is 136 Å². The van der Waals surface area contributed by atoms with Crippen LogP contribution in [0, 0.1) is 0 Å². The van der Waals surface area contributed by atoms with E-state index in [2.05, 4.69) is 9.97 Å². The summed E-state index contributed by atoms with van der Waals surface area (Å²) in [5.74, 6) is -3.27. The smallest absolute Gasteiger partial charge is 0.301 e. The maximum atomic E-state index is 13.6. The average molecular weight is 324 g/mol. The summed E-state index contributed by atoms with van der Waals surface area (Å²) in [6, 6.07) is 16.2. The number of hydrogen-bond donors (Lipinski definition) is 2. The maximum absolute atomic E-state index is 13.6. The van der Waals surface area contributed by atoms with Gasteiger partial charge in [-0.25, -0.2) is 4.98 Å². The number of alkyl halides is 2. The summed E-state index contributed by atoms with van der Waals surface area (Å²) in [7, 11) is 0. The van der Waals surface area contributed by atoms with Gasteiger partial charge in [0.2, 0.25) is 0 Å². The molecule has 0 spiro atoms. The number of aromatic amines is 1. The predicted molar refractivity (Wildman–Crippen MR) is 90.3 cm³/mol. The Kier molecular flexibility index (Phi) is 3.06. The Morgan fingerprint density at radius 1 is 0.958 bits per heavy atom. The third-order valence-electron chi connectivity index (χ3n) is 4.10. The Hall–Kier alpha value is -2.95. The van der Waals surface area contributed by atoms with Gasteiger partial charge >= 0.3 is 5.92 Å². The van der Waals surface area contributed by atoms with Gasteiger partial charge in [-0.05, 0) is 23.1 Å². The quantitative estimate of drug-likeness (QED) is 0.532. The van der Waals surface area contributed by atoms with Crippen LogP contribution in [0.3, 0.4) is 0 Å². The van der Waals surface area contributed by atoms with Crippen molar-refractivity contribution in [2.75, 3.05) is 0 Å². The van der Waals surface area contributed by atoms with Crippen molar-refractivity contribution >= 4 is 21.8 Å². The minimum atomic E-state index is -3.05. The van der Waals surface area contributed by atoms with Crippen molar-refractivity contribution in [2.45, 2.75) is 12.8 Å². The van der Waals surface area contributed by atoms with Gasteiger partial charge in [-0.15, -0.1) is 0 Å². The number of nitrogens with zero attached hydrogens (tertiary/aromatic N) is 1. The second-order valence-corrected chi connectivity index (χ2v) is 5.86. The Balaban J connectivity index is 2.12. The molecule has 0 aliphatic heterocycles. The second-order valence-electron chi connectivity index (χ2n) is 5.86. The minimum Gasteiger partial charge on any atom is -0.507 e. The fraction of sp³-hybridized carbons (Fsp3) is 0.105. The lowest BCUT2D eigenvalue weighted by atomic mass is 9.96. The normalized spacial score (nSPS) is 12.1. The molecule has 1 heterocycles. The third kappa shape index (κ3) is 2.21. The van der Waals surface area contributed by atoms with Crippen molar-refractivity contribution in [3.05, 3.63) is 60.4 Å². The summed E-state index contributed by atoms with van der Waals surface area (Å²) >= 11 is 0. The number of phenols is 1. The molecule has 0 radical (unpaired) electrons. The Bertz CT molecular complexity index is 1060. The van der Waals surface area contributed by atoms with Crippen LogP contribution in [0.2, 0.25) is 0 Å². The average Bonchev–Trinajstić information content (AvgIpc) is 2.99. The van der Waals surface area contributed by atoms with Gasteiger partial charge in [0.15, 0.2) is 5.82 Å². The number of imidazole rings is 1. The lowest BCUT2D eigenvalue weighted by molar-refractivity contribution is 0.00891. The Morgan fingerprint density at radius 2 is 1.62 bits per heavy atom. The Morgan fingerprint density at radius 3 is 2.33 bits per heavy atom. The van der Waals surface area contributed by atoms with Crippen LogP contribution >= 0.6 is 0 Å². The van der Waals surface area contributed by atoms with E-state index in [-0.39, 0.29) is 11.6 Å². The molecule has 0 fully saturated rings. The minimum absolute atomic E-state index is 0.141. The van der Waals surface area contributed by atoms with E-state index in [1.165, 1.54) is 0 Å². The van der Waals surface area contributed by atoms with Gasteiger partial charge < -0.3 is 10.1 Å². The number of nitrogens with one attached hydrogen (secondary N) is 1. The topological polar surface area (TPSA) is 48.9 Å². The largest absolute Gasteiger partial charge is 0.507 e. The zero-order chi connectivity index (χ0) is 16.9. The highest BCUT2D eigenvalue weighted by atomic mass is 19.3. The molecule has 0 unspecified atom stereocenters. The van der Waals surface area contributed by atoms with Gasteiger partial charge in [0.25, 0.3) is 0 Å². The number of aromatic hydroxyl groups is 1. The number of hydrogen-bond acceptors (Lipinski definition) is 2. The third-order valence-corrected chi connectivity index (χ3v) is 4.10. The van der Waals surface area contributed by atoms with Crippen LogP contribution in [0.4, 0.5) is 8.78 Å². The fourth-order valence-corrected chi connectivity index (χ4v) is 2.98. The number of halogens is 2. The second kappa shape index (κ2) is 5.03. The van der Waals surface area contributed by atoms with Crippen molar-refractivity contribution in [3.8, 4) is 16.9 Å². The first-order valence-electron chi connectivity index (χ1n) is 7.53. The molecule has 0 bridgehead atoms. The van der Waals surface area contributed by atoms with Crippen molar-refractivity contribution in [1.82, 2.24) is 9.97 Å². The molecule has 3 nitrogen and oxygen atoms in total. The van der Waals surface area contributed by atoms with Crippen LogP contribution in [0.5, 0.6) is 5.75 Å². The van der Waals surface area contributed by atoms with Crippen molar-refractivity contribution in [2.24, 2.45) is 0 Å². The van der Waals surface area contributed by atoms with Crippen molar-refractivity contribution in [3.63, 3.8) is 0 Å².